The van der Waals surface area contributed by atoms with Gasteiger partial charge < -0.3 is 20.7 Å². The zero-order chi connectivity index (χ0) is 13.5. The number of ether oxygens (including phenoxy) is 1. The highest BCUT2D eigenvalue weighted by atomic mass is 16.5. The zero-order valence-corrected chi connectivity index (χ0v) is 11.2. The normalized spacial score (nSPS) is 10.4. The van der Waals surface area contributed by atoms with Crippen molar-refractivity contribution < 1.29 is 9.53 Å². The molecule has 0 heterocycles. The van der Waals surface area contributed by atoms with Crippen molar-refractivity contribution in [3.8, 4) is 0 Å². The van der Waals surface area contributed by atoms with Gasteiger partial charge in [0, 0.05) is 13.1 Å². The first-order chi connectivity index (χ1) is 8.54. The van der Waals surface area contributed by atoms with E-state index in [4.69, 9.17) is 10.5 Å². The standard InChI is InChI=1S/C13H21N3O2/c1-4-18-13(17)10-5-6-12(11(14)9-10)15-7-8-16(2)3/h5-6,9,15H,4,7-8,14H2,1-3H3. The molecule has 1 aromatic carbocycles. The molecule has 0 radical (unpaired) electrons. The van der Waals surface area contributed by atoms with E-state index in [0.717, 1.165) is 18.8 Å². The minimum Gasteiger partial charge on any atom is -0.462 e. The second-order valence-corrected chi connectivity index (χ2v) is 4.25. The van der Waals surface area contributed by atoms with Gasteiger partial charge in [-0.05, 0) is 39.2 Å². The van der Waals surface area contributed by atoms with E-state index in [1.807, 2.05) is 14.1 Å². The van der Waals surface area contributed by atoms with Crippen LogP contribution < -0.4 is 11.1 Å². The van der Waals surface area contributed by atoms with Crippen LogP contribution in [0.2, 0.25) is 0 Å². The van der Waals surface area contributed by atoms with Crippen LogP contribution >= 0.6 is 0 Å². The third-order valence-electron chi connectivity index (χ3n) is 2.44. The van der Waals surface area contributed by atoms with Crippen molar-refractivity contribution in [3.63, 3.8) is 0 Å². The highest BCUT2D eigenvalue weighted by molar-refractivity contribution is 5.91. The van der Waals surface area contributed by atoms with Crippen molar-refractivity contribution in [2.24, 2.45) is 0 Å². The summed E-state index contributed by atoms with van der Waals surface area (Å²) in [6.45, 7) is 3.86. The predicted molar refractivity (Wildman–Crippen MR) is 73.9 cm³/mol. The van der Waals surface area contributed by atoms with Gasteiger partial charge in [0.25, 0.3) is 0 Å². The average molecular weight is 251 g/mol. The zero-order valence-electron chi connectivity index (χ0n) is 11.2. The largest absolute Gasteiger partial charge is 0.462 e. The molecule has 0 aromatic heterocycles. The SMILES string of the molecule is CCOC(=O)c1ccc(NCCN(C)C)c(N)c1. The summed E-state index contributed by atoms with van der Waals surface area (Å²) < 4.78 is 4.91. The van der Waals surface area contributed by atoms with Crippen LogP contribution in [-0.4, -0.2) is 44.7 Å². The summed E-state index contributed by atoms with van der Waals surface area (Å²) in [5.74, 6) is -0.343. The molecular formula is C13H21N3O2. The lowest BCUT2D eigenvalue weighted by Crippen LogP contribution is -2.21. The summed E-state index contributed by atoms with van der Waals surface area (Å²) in [5, 5.41) is 3.22. The van der Waals surface area contributed by atoms with E-state index >= 15 is 0 Å². The van der Waals surface area contributed by atoms with Crippen LogP contribution in [0.5, 0.6) is 0 Å². The number of nitrogens with one attached hydrogen (secondary N) is 1. The number of rotatable bonds is 6. The van der Waals surface area contributed by atoms with Crippen molar-refractivity contribution >= 4 is 17.3 Å². The predicted octanol–water partition coefficient (Wildman–Crippen LogP) is 1.42. The second kappa shape index (κ2) is 6.86. The maximum absolute atomic E-state index is 11.5. The van der Waals surface area contributed by atoms with Gasteiger partial charge in [0.15, 0.2) is 0 Å². The van der Waals surface area contributed by atoms with Crippen LogP contribution in [0.15, 0.2) is 18.2 Å². The third-order valence-corrected chi connectivity index (χ3v) is 2.44. The highest BCUT2D eigenvalue weighted by Gasteiger charge is 2.08. The fourth-order valence-corrected chi connectivity index (χ4v) is 1.48. The number of esters is 1. The molecule has 1 aromatic rings. The Labute approximate surface area is 108 Å². The molecule has 1 rings (SSSR count). The molecule has 0 atom stereocenters. The van der Waals surface area contributed by atoms with Gasteiger partial charge in [-0.25, -0.2) is 4.79 Å². The maximum atomic E-state index is 11.5. The van der Waals surface area contributed by atoms with Crippen molar-refractivity contribution in [1.82, 2.24) is 4.90 Å². The summed E-state index contributed by atoms with van der Waals surface area (Å²) in [6.07, 6.45) is 0. The molecule has 0 saturated heterocycles. The van der Waals surface area contributed by atoms with Gasteiger partial charge in [-0.15, -0.1) is 0 Å². The number of nitrogen functional groups attached to an aromatic ring is 1. The van der Waals surface area contributed by atoms with Gasteiger partial charge in [0.1, 0.15) is 0 Å². The molecule has 0 aliphatic heterocycles. The van der Waals surface area contributed by atoms with Crippen LogP contribution in [0.25, 0.3) is 0 Å². The van der Waals surface area contributed by atoms with Gasteiger partial charge in [-0.1, -0.05) is 0 Å². The fourth-order valence-electron chi connectivity index (χ4n) is 1.48. The molecule has 0 fully saturated rings. The van der Waals surface area contributed by atoms with E-state index in [0.29, 0.717) is 17.9 Å². The number of hydrogen-bond donors (Lipinski definition) is 2. The summed E-state index contributed by atoms with van der Waals surface area (Å²) in [4.78, 5) is 13.6. The number of anilines is 2. The number of carbonyl (C=O) groups excluding carboxylic acids is 1. The Bertz CT molecular complexity index is 405. The molecule has 0 aliphatic rings. The molecule has 0 aliphatic carbocycles. The lowest BCUT2D eigenvalue weighted by Gasteiger charge is -2.13. The van der Waals surface area contributed by atoms with Crippen molar-refractivity contribution in [2.45, 2.75) is 6.92 Å². The van der Waals surface area contributed by atoms with Crippen LogP contribution in [0.3, 0.4) is 0 Å². The lowest BCUT2D eigenvalue weighted by molar-refractivity contribution is 0.0526. The highest BCUT2D eigenvalue weighted by Crippen LogP contribution is 2.20. The molecule has 0 spiro atoms. The van der Waals surface area contributed by atoms with Gasteiger partial charge in [-0.2, -0.15) is 0 Å². The number of nitrogens with zero attached hydrogens (tertiary/aromatic N) is 1. The minimum atomic E-state index is -0.343. The topological polar surface area (TPSA) is 67.6 Å². The Morgan fingerprint density at radius 3 is 2.72 bits per heavy atom. The molecule has 100 valence electrons. The van der Waals surface area contributed by atoms with E-state index in [1.165, 1.54) is 0 Å². The lowest BCUT2D eigenvalue weighted by atomic mass is 10.1. The first kappa shape index (κ1) is 14.3. The van der Waals surface area contributed by atoms with Crippen molar-refractivity contribution in [1.29, 1.82) is 0 Å². The smallest absolute Gasteiger partial charge is 0.338 e. The average Bonchev–Trinajstić information content (AvgIpc) is 2.31. The molecule has 3 N–H and O–H groups in total. The monoisotopic (exact) mass is 251 g/mol. The quantitative estimate of drug-likeness (QED) is 0.591. The summed E-state index contributed by atoms with van der Waals surface area (Å²) in [6, 6.07) is 5.15. The number of likely N-dealkylation sites (N-methyl/N-ethyl adjacent to an activating group) is 1. The van der Waals surface area contributed by atoms with Crippen LogP contribution in [0.4, 0.5) is 11.4 Å². The van der Waals surface area contributed by atoms with Gasteiger partial charge >= 0.3 is 5.97 Å². The van der Waals surface area contributed by atoms with Crippen molar-refractivity contribution in [3.05, 3.63) is 23.8 Å². The Balaban J connectivity index is 2.65. The minimum absolute atomic E-state index is 0.343. The van der Waals surface area contributed by atoms with E-state index in [2.05, 4.69) is 10.2 Å². The van der Waals surface area contributed by atoms with Crippen LogP contribution in [-0.2, 0) is 4.74 Å². The molecule has 0 bridgehead atoms. The molecule has 0 unspecified atom stereocenters. The number of benzene rings is 1. The first-order valence-electron chi connectivity index (χ1n) is 5.99. The van der Waals surface area contributed by atoms with E-state index in [-0.39, 0.29) is 5.97 Å². The van der Waals surface area contributed by atoms with Crippen molar-refractivity contribution in [2.75, 3.05) is 44.8 Å². The van der Waals surface area contributed by atoms with Crippen LogP contribution in [0, 0.1) is 0 Å². The first-order valence-corrected chi connectivity index (χ1v) is 5.99. The van der Waals surface area contributed by atoms with E-state index in [1.54, 1.807) is 25.1 Å². The molecular weight excluding hydrogens is 230 g/mol. The summed E-state index contributed by atoms with van der Waals surface area (Å²) in [7, 11) is 4.02. The Morgan fingerprint density at radius 2 is 2.17 bits per heavy atom. The Morgan fingerprint density at radius 1 is 1.44 bits per heavy atom. The third kappa shape index (κ3) is 4.25. The number of hydrogen-bond acceptors (Lipinski definition) is 5. The molecule has 18 heavy (non-hydrogen) atoms. The van der Waals surface area contributed by atoms with Gasteiger partial charge in [0.2, 0.25) is 0 Å². The Kier molecular flexibility index (Phi) is 5.45. The number of carbonyl (C=O) groups is 1. The summed E-state index contributed by atoms with van der Waals surface area (Å²) in [5.41, 5.74) is 7.76. The molecule has 5 nitrogen and oxygen atoms in total. The molecule has 0 amide bonds. The van der Waals surface area contributed by atoms with Gasteiger partial charge in [-0.3, -0.25) is 0 Å². The van der Waals surface area contributed by atoms with E-state index in [9.17, 15) is 4.79 Å². The second-order valence-electron chi connectivity index (χ2n) is 4.25. The maximum Gasteiger partial charge on any atom is 0.338 e. The summed E-state index contributed by atoms with van der Waals surface area (Å²) >= 11 is 0. The molecule has 5 heteroatoms. The van der Waals surface area contributed by atoms with E-state index < -0.39 is 0 Å². The van der Waals surface area contributed by atoms with Crippen LogP contribution in [0.1, 0.15) is 17.3 Å². The molecule has 0 saturated carbocycles. The fraction of sp³-hybridized carbons (Fsp3) is 0.462. The van der Waals surface area contributed by atoms with Gasteiger partial charge in [0.05, 0.1) is 23.5 Å². The Hall–Kier alpha value is -1.75. The number of nitrogens with two attached hydrogens (primary N) is 1.